The first-order valence-corrected chi connectivity index (χ1v) is 11.8. The minimum Gasteiger partial charge on any atom is -0.492 e. The number of ether oxygens (including phenoxy) is 1. The van der Waals surface area contributed by atoms with E-state index < -0.39 is 9.84 Å². The van der Waals surface area contributed by atoms with Gasteiger partial charge in [0.1, 0.15) is 12.4 Å². The number of thiophene rings is 1. The van der Waals surface area contributed by atoms with Crippen molar-refractivity contribution in [1.29, 1.82) is 0 Å². The Morgan fingerprint density at radius 1 is 1.07 bits per heavy atom. The van der Waals surface area contributed by atoms with Gasteiger partial charge in [-0.2, -0.15) is 0 Å². The van der Waals surface area contributed by atoms with Crippen molar-refractivity contribution in [3.05, 3.63) is 77.7 Å². The Labute approximate surface area is 174 Å². The fourth-order valence-corrected chi connectivity index (χ4v) is 3.82. The summed E-state index contributed by atoms with van der Waals surface area (Å²) in [6.45, 7) is 0.0677. The molecule has 0 spiro atoms. The summed E-state index contributed by atoms with van der Waals surface area (Å²) >= 11 is 1.61. The number of anilines is 1. The fourth-order valence-electron chi connectivity index (χ4n) is 2.52. The third-order valence-electron chi connectivity index (χ3n) is 3.91. The van der Waals surface area contributed by atoms with E-state index in [0.29, 0.717) is 11.4 Å². The first kappa shape index (κ1) is 20.8. The van der Waals surface area contributed by atoms with E-state index in [1.807, 2.05) is 30.3 Å². The maximum Gasteiger partial charge on any atom is 0.248 e. The number of hydrogen-bond acceptors (Lipinski definition) is 5. The lowest BCUT2D eigenvalue weighted by atomic mass is 10.2. The first-order valence-electron chi connectivity index (χ1n) is 8.94. The summed E-state index contributed by atoms with van der Waals surface area (Å²) in [5, 5.41) is 2.78. The van der Waals surface area contributed by atoms with Crippen molar-refractivity contribution >= 4 is 38.8 Å². The highest BCUT2D eigenvalue weighted by Gasteiger charge is 2.05. The molecule has 0 radical (unpaired) electrons. The lowest BCUT2D eigenvalue weighted by Crippen LogP contribution is -2.12. The standard InChI is InChI=1S/C22H21NO4S2/c1-29(25,26)15-14-27-19-9-5-8-18(16-19)23-22(24)13-11-20-10-12-21(28-20)17-6-3-2-4-7-17/h2-13,16H,14-15H2,1H3,(H,23,24)/b13-11+. The van der Waals surface area contributed by atoms with Crippen LogP contribution >= 0.6 is 11.3 Å². The number of benzene rings is 2. The van der Waals surface area contributed by atoms with Gasteiger partial charge in [-0.05, 0) is 35.9 Å². The zero-order valence-corrected chi connectivity index (χ0v) is 17.5. The Morgan fingerprint density at radius 2 is 1.86 bits per heavy atom. The smallest absolute Gasteiger partial charge is 0.248 e. The number of carbonyl (C=O) groups is 1. The second-order valence-corrected chi connectivity index (χ2v) is 9.77. The van der Waals surface area contributed by atoms with E-state index in [0.717, 1.165) is 21.6 Å². The van der Waals surface area contributed by atoms with Crippen LogP contribution in [0.3, 0.4) is 0 Å². The number of amides is 1. The zero-order chi connectivity index (χ0) is 20.7. The van der Waals surface area contributed by atoms with E-state index >= 15 is 0 Å². The second-order valence-electron chi connectivity index (χ2n) is 6.40. The minimum atomic E-state index is -3.08. The summed E-state index contributed by atoms with van der Waals surface area (Å²) in [6.07, 6.45) is 4.42. The molecule has 0 aliphatic heterocycles. The topological polar surface area (TPSA) is 72.5 Å². The Morgan fingerprint density at radius 3 is 2.62 bits per heavy atom. The van der Waals surface area contributed by atoms with E-state index in [4.69, 9.17) is 4.74 Å². The van der Waals surface area contributed by atoms with Crippen LogP contribution in [-0.4, -0.2) is 32.9 Å². The van der Waals surface area contributed by atoms with Crippen LogP contribution in [0.5, 0.6) is 5.75 Å². The molecule has 1 heterocycles. The van der Waals surface area contributed by atoms with Crippen LogP contribution in [0.4, 0.5) is 5.69 Å². The molecule has 3 rings (SSSR count). The molecule has 5 nitrogen and oxygen atoms in total. The lowest BCUT2D eigenvalue weighted by molar-refractivity contribution is -0.111. The average Bonchev–Trinajstić information content (AvgIpc) is 3.16. The van der Waals surface area contributed by atoms with Gasteiger partial charge in [-0.15, -0.1) is 11.3 Å². The molecule has 0 aliphatic carbocycles. The molecule has 2 aromatic carbocycles. The van der Waals surface area contributed by atoms with Gasteiger partial charge in [0.2, 0.25) is 5.91 Å². The maximum atomic E-state index is 12.2. The fraction of sp³-hybridized carbons (Fsp3) is 0.136. The highest BCUT2D eigenvalue weighted by atomic mass is 32.2. The van der Waals surface area contributed by atoms with Crippen molar-refractivity contribution in [2.24, 2.45) is 0 Å². The van der Waals surface area contributed by atoms with Gasteiger partial charge in [0.15, 0.2) is 9.84 Å². The molecule has 29 heavy (non-hydrogen) atoms. The molecule has 0 saturated heterocycles. The molecule has 0 aliphatic rings. The van der Waals surface area contributed by atoms with Gasteiger partial charge in [0, 0.05) is 33.8 Å². The molecular weight excluding hydrogens is 406 g/mol. The number of hydrogen-bond donors (Lipinski definition) is 1. The van der Waals surface area contributed by atoms with Crippen molar-refractivity contribution in [2.45, 2.75) is 0 Å². The summed E-state index contributed by atoms with van der Waals surface area (Å²) < 4.78 is 27.8. The SMILES string of the molecule is CS(=O)(=O)CCOc1cccc(NC(=O)/C=C/c2ccc(-c3ccccc3)s2)c1. The number of sulfone groups is 1. The summed E-state index contributed by atoms with van der Waals surface area (Å²) in [7, 11) is -3.08. The summed E-state index contributed by atoms with van der Waals surface area (Å²) in [4.78, 5) is 14.3. The lowest BCUT2D eigenvalue weighted by Gasteiger charge is -2.08. The van der Waals surface area contributed by atoms with Crippen LogP contribution in [0.2, 0.25) is 0 Å². The number of rotatable bonds is 8. The highest BCUT2D eigenvalue weighted by Crippen LogP contribution is 2.28. The van der Waals surface area contributed by atoms with Gasteiger partial charge in [-0.1, -0.05) is 36.4 Å². The van der Waals surface area contributed by atoms with Gasteiger partial charge >= 0.3 is 0 Å². The zero-order valence-electron chi connectivity index (χ0n) is 15.9. The van der Waals surface area contributed by atoms with Crippen molar-refractivity contribution in [1.82, 2.24) is 0 Å². The van der Waals surface area contributed by atoms with Gasteiger partial charge in [0.25, 0.3) is 0 Å². The predicted octanol–water partition coefficient (Wildman–Crippen LogP) is 4.49. The van der Waals surface area contributed by atoms with E-state index in [9.17, 15) is 13.2 Å². The Kier molecular flexibility index (Phi) is 6.85. The summed E-state index contributed by atoms with van der Waals surface area (Å²) in [6, 6.07) is 20.9. The second kappa shape index (κ2) is 9.54. The van der Waals surface area contributed by atoms with Gasteiger partial charge in [-0.25, -0.2) is 8.42 Å². The first-order chi connectivity index (χ1) is 13.9. The molecule has 1 amide bonds. The molecule has 0 unspecified atom stereocenters. The molecule has 0 bridgehead atoms. The van der Waals surface area contributed by atoms with Crippen LogP contribution in [0.25, 0.3) is 16.5 Å². The van der Waals surface area contributed by atoms with Crippen LogP contribution in [-0.2, 0) is 14.6 Å². The summed E-state index contributed by atoms with van der Waals surface area (Å²) in [5.41, 5.74) is 1.72. The monoisotopic (exact) mass is 427 g/mol. The number of carbonyl (C=O) groups excluding carboxylic acids is 1. The van der Waals surface area contributed by atoms with Crippen molar-refractivity contribution in [3.8, 4) is 16.2 Å². The molecule has 150 valence electrons. The maximum absolute atomic E-state index is 12.2. The molecule has 3 aromatic rings. The van der Waals surface area contributed by atoms with Gasteiger partial charge < -0.3 is 10.1 Å². The van der Waals surface area contributed by atoms with E-state index in [2.05, 4.69) is 17.4 Å². The number of nitrogens with one attached hydrogen (secondary N) is 1. The minimum absolute atomic E-state index is 0.0574. The third-order valence-corrected chi connectivity index (χ3v) is 5.92. The predicted molar refractivity (Wildman–Crippen MR) is 119 cm³/mol. The summed E-state index contributed by atoms with van der Waals surface area (Å²) in [5.74, 6) is 0.187. The Hall–Kier alpha value is -2.90. The van der Waals surface area contributed by atoms with Gasteiger partial charge in [0.05, 0.1) is 5.75 Å². The van der Waals surface area contributed by atoms with Crippen LogP contribution in [0.1, 0.15) is 4.88 Å². The highest BCUT2D eigenvalue weighted by molar-refractivity contribution is 7.90. The molecular formula is C22H21NO4S2. The molecule has 1 aromatic heterocycles. The Balaban J connectivity index is 1.57. The molecule has 7 heteroatoms. The third kappa shape index (κ3) is 6.89. The van der Waals surface area contributed by atoms with E-state index in [-0.39, 0.29) is 18.3 Å². The van der Waals surface area contributed by atoms with Crippen LogP contribution in [0.15, 0.2) is 72.8 Å². The average molecular weight is 428 g/mol. The van der Waals surface area contributed by atoms with Crippen molar-refractivity contribution < 1.29 is 17.9 Å². The van der Waals surface area contributed by atoms with Crippen molar-refractivity contribution in [2.75, 3.05) is 23.9 Å². The molecule has 0 saturated carbocycles. The molecule has 1 N–H and O–H groups in total. The van der Waals surface area contributed by atoms with Crippen LogP contribution < -0.4 is 10.1 Å². The van der Waals surface area contributed by atoms with Crippen LogP contribution in [0, 0.1) is 0 Å². The van der Waals surface area contributed by atoms with E-state index in [1.54, 1.807) is 41.7 Å². The molecule has 0 atom stereocenters. The normalized spacial score (nSPS) is 11.5. The van der Waals surface area contributed by atoms with E-state index in [1.165, 1.54) is 6.08 Å². The Bertz CT molecular complexity index is 1100. The van der Waals surface area contributed by atoms with Crippen molar-refractivity contribution in [3.63, 3.8) is 0 Å². The quantitative estimate of drug-likeness (QED) is 0.538. The largest absolute Gasteiger partial charge is 0.492 e. The van der Waals surface area contributed by atoms with Gasteiger partial charge in [-0.3, -0.25) is 4.79 Å². The molecule has 0 fully saturated rings.